The van der Waals surface area contributed by atoms with Crippen molar-refractivity contribution in [1.82, 2.24) is 14.5 Å². The first-order chi connectivity index (χ1) is 11.9. The Balaban J connectivity index is 1.74. The van der Waals surface area contributed by atoms with Gasteiger partial charge in [0.15, 0.2) is 16.0 Å². The van der Waals surface area contributed by atoms with Gasteiger partial charge < -0.3 is 0 Å². The first-order valence-corrected chi connectivity index (χ1v) is 9.01. The molecule has 3 rings (SSSR count). The molecule has 1 amide bonds. The molecule has 10 heteroatoms. The van der Waals surface area contributed by atoms with Crippen molar-refractivity contribution in [3.63, 3.8) is 0 Å². The second-order valence-corrected chi connectivity index (χ2v) is 6.45. The van der Waals surface area contributed by atoms with Gasteiger partial charge in [-0.05, 0) is 30.5 Å². The molecule has 0 saturated heterocycles. The Hall–Kier alpha value is -2.33. The number of anilines is 1. The SMILES string of the molecule is CSc1nccn1-c1ccc(C(=O)Nc2nc(C(F)(F)F)cs2)cc1. The number of imidazole rings is 1. The van der Waals surface area contributed by atoms with Crippen molar-refractivity contribution in [1.29, 1.82) is 0 Å². The Morgan fingerprint density at radius 2 is 2.00 bits per heavy atom. The smallest absolute Gasteiger partial charge is 0.298 e. The van der Waals surface area contributed by atoms with E-state index in [-0.39, 0.29) is 5.13 Å². The summed E-state index contributed by atoms with van der Waals surface area (Å²) in [5, 5.41) is 3.94. The van der Waals surface area contributed by atoms with Gasteiger partial charge in [-0.2, -0.15) is 13.2 Å². The number of carbonyl (C=O) groups excluding carboxylic acids is 1. The number of carbonyl (C=O) groups is 1. The minimum absolute atomic E-state index is 0.0966. The van der Waals surface area contributed by atoms with Crippen LogP contribution in [0.25, 0.3) is 5.69 Å². The normalized spacial score (nSPS) is 11.5. The summed E-state index contributed by atoms with van der Waals surface area (Å²) in [6.07, 6.45) is 0.854. The third kappa shape index (κ3) is 3.85. The standard InChI is InChI=1S/C15H11F3N4OS2/c1-24-14-19-6-7-22(14)10-4-2-9(3-5-10)12(23)21-13-20-11(8-25-13)15(16,17)18/h2-8H,1H3,(H,20,21,23). The molecule has 0 aliphatic heterocycles. The maximum atomic E-state index is 12.5. The number of benzene rings is 1. The fraction of sp³-hybridized carbons (Fsp3) is 0.133. The number of amides is 1. The highest BCUT2D eigenvalue weighted by molar-refractivity contribution is 7.98. The zero-order valence-electron chi connectivity index (χ0n) is 12.7. The molecule has 3 aromatic rings. The van der Waals surface area contributed by atoms with Gasteiger partial charge in [0, 0.05) is 29.0 Å². The molecule has 0 spiro atoms. The van der Waals surface area contributed by atoms with Gasteiger partial charge in [-0.15, -0.1) is 11.3 Å². The predicted molar refractivity (Wildman–Crippen MR) is 90.4 cm³/mol. The summed E-state index contributed by atoms with van der Waals surface area (Å²) in [4.78, 5) is 19.7. The van der Waals surface area contributed by atoms with Gasteiger partial charge in [0.2, 0.25) is 0 Å². The van der Waals surface area contributed by atoms with E-state index in [2.05, 4.69) is 15.3 Å². The van der Waals surface area contributed by atoms with Crippen LogP contribution in [-0.2, 0) is 6.18 Å². The van der Waals surface area contributed by atoms with Crippen molar-refractivity contribution in [2.45, 2.75) is 11.3 Å². The number of thioether (sulfide) groups is 1. The Morgan fingerprint density at radius 3 is 2.60 bits per heavy atom. The molecule has 2 aromatic heterocycles. The molecule has 1 N–H and O–H groups in total. The number of aromatic nitrogens is 3. The summed E-state index contributed by atoms with van der Waals surface area (Å²) in [6, 6.07) is 6.65. The molecule has 0 radical (unpaired) electrons. The highest BCUT2D eigenvalue weighted by Crippen LogP contribution is 2.31. The lowest BCUT2D eigenvalue weighted by atomic mass is 10.2. The molecule has 0 aliphatic rings. The van der Waals surface area contributed by atoms with Crippen LogP contribution in [-0.4, -0.2) is 26.7 Å². The zero-order valence-corrected chi connectivity index (χ0v) is 14.4. The van der Waals surface area contributed by atoms with Crippen molar-refractivity contribution in [2.75, 3.05) is 11.6 Å². The molecule has 0 bridgehead atoms. The van der Waals surface area contributed by atoms with Crippen molar-refractivity contribution in [3.05, 3.63) is 53.3 Å². The number of hydrogen-bond acceptors (Lipinski definition) is 5. The predicted octanol–water partition coefficient (Wildman–Crippen LogP) is 4.32. The number of hydrogen-bond donors (Lipinski definition) is 1. The lowest BCUT2D eigenvalue weighted by Crippen LogP contribution is -2.12. The summed E-state index contributed by atoms with van der Waals surface area (Å²) in [5.41, 5.74) is 0.123. The molecule has 0 atom stereocenters. The van der Waals surface area contributed by atoms with Crippen LogP contribution in [0.4, 0.5) is 18.3 Å². The molecule has 0 fully saturated rings. The molecule has 25 heavy (non-hydrogen) atoms. The van der Waals surface area contributed by atoms with E-state index in [9.17, 15) is 18.0 Å². The summed E-state index contributed by atoms with van der Waals surface area (Å²) in [6.45, 7) is 0. The van der Waals surface area contributed by atoms with E-state index in [1.54, 1.807) is 36.7 Å². The fourth-order valence-electron chi connectivity index (χ4n) is 2.04. The van der Waals surface area contributed by atoms with Crippen LogP contribution in [0.1, 0.15) is 16.1 Å². The van der Waals surface area contributed by atoms with Crippen LogP contribution < -0.4 is 5.32 Å². The maximum absolute atomic E-state index is 12.5. The highest BCUT2D eigenvalue weighted by atomic mass is 32.2. The minimum Gasteiger partial charge on any atom is -0.298 e. The average molecular weight is 384 g/mol. The number of thiazole rings is 1. The van der Waals surface area contributed by atoms with Gasteiger partial charge in [-0.3, -0.25) is 14.7 Å². The van der Waals surface area contributed by atoms with Gasteiger partial charge in [-0.25, -0.2) is 9.97 Å². The van der Waals surface area contributed by atoms with Gasteiger partial charge in [0.25, 0.3) is 5.91 Å². The van der Waals surface area contributed by atoms with Crippen LogP contribution >= 0.6 is 23.1 Å². The minimum atomic E-state index is -4.53. The third-order valence-electron chi connectivity index (χ3n) is 3.21. The summed E-state index contributed by atoms with van der Waals surface area (Å²) >= 11 is 2.21. The van der Waals surface area contributed by atoms with E-state index in [0.29, 0.717) is 5.56 Å². The summed E-state index contributed by atoms with van der Waals surface area (Å²) in [5.74, 6) is -0.523. The average Bonchev–Trinajstić information content (AvgIpc) is 3.23. The molecular weight excluding hydrogens is 373 g/mol. The summed E-state index contributed by atoms with van der Waals surface area (Å²) < 4.78 is 39.4. The number of rotatable bonds is 4. The molecule has 1 aromatic carbocycles. The van der Waals surface area contributed by atoms with Crippen molar-refractivity contribution in [3.8, 4) is 5.69 Å². The van der Waals surface area contributed by atoms with E-state index >= 15 is 0 Å². The Bertz CT molecular complexity index is 887. The van der Waals surface area contributed by atoms with Crippen LogP contribution in [0.15, 0.2) is 47.2 Å². The molecule has 0 unspecified atom stereocenters. The second kappa shape index (κ2) is 6.89. The lowest BCUT2D eigenvalue weighted by Gasteiger charge is -2.07. The Labute approximate surface area is 148 Å². The van der Waals surface area contributed by atoms with E-state index in [0.717, 1.165) is 27.6 Å². The zero-order chi connectivity index (χ0) is 18.0. The molecule has 130 valence electrons. The van der Waals surface area contributed by atoms with Crippen molar-refractivity contribution < 1.29 is 18.0 Å². The van der Waals surface area contributed by atoms with Crippen molar-refractivity contribution >= 4 is 34.1 Å². The lowest BCUT2D eigenvalue weighted by molar-refractivity contribution is -0.140. The Kier molecular flexibility index (Phi) is 4.82. The second-order valence-electron chi connectivity index (χ2n) is 4.82. The van der Waals surface area contributed by atoms with Crippen LogP contribution in [0, 0.1) is 0 Å². The summed E-state index contributed by atoms with van der Waals surface area (Å²) in [7, 11) is 0. The highest BCUT2D eigenvalue weighted by Gasteiger charge is 2.33. The number of nitrogens with one attached hydrogen (secondary N) is 1. The van der Waals surface area contributed by atoms with E-state index in [4.69, 9.17) is 0 Å². The van der Waals surface area contributed by atoms with Crippen LogP contribution in [0.2, 0.25) is 0 Å². The monoisotopic (exact) mass is 384 g/mol. The quantitative estimate of drug-likeness (QED) is 0.681. The van der Waals surface area contributed by atoms with E-state index < -0.39 is 17.8 Å². The van der Waals surface area contributed by atoms with Crippen molar-refractivity contribution in [2.24, 2.45) is 0 Å². The fourth-order valence-corrected chi connectivity index (χ4v) is 3.28. The first kappa shape index (κ1) is 17.5. The topological polar surface area (TPSA) is 59.8 Å². The number of halogens is 3. The number of nitrogens with zero attached hydrogens (tertiary/aromatic N) is 3. The van der Waals surface area contributed by atoms with E-state index in [1.807, 2.05) is 10.8 Å². The van der Waals surface area contributed by atoms with Gasteiger partial charge in [0.05, 0.1) is 0 Å². The van der Waals surface area contributed by atoms with Gasteiger partial charge in [0.1, 0.15) is 0 Å². The van der Waals surface area contributed by atoms with Gasteiger partial charge >= 0.3 is 6.18 Å². The van der Waals surface area contributed by atoms with Crippen LogP contribution in [0.3, 0.4) is 0 Å². The molecule has 2 heterocycles. The number of alkyl halides is 3. The third-order valence-corrected chi connectivity index (χ3v) is 4.64. The molecular formula is C15H11F3N4OS2. The first-order valence-electron chi connectivity index (χ1n) is 6.90. The molecule has 0 aliphatic carbocycles. The maximum Gasteiger partial charge on any atom is 0.434 e. The van der Waals surface area contributed by atoms with Gasteiger partial charge in [-0.1, -0.05) is 11.8 Å². The molecule has 5 nitrogen and oxygen atoms in total. The molecule has 0 saturated carbocycles. The Morgan fingerprint density at radius 1 is 1.28 bits per heavy atom. The van der Waals surface area contributed by atoms with E-state index in [1.165, 1.54) is 11.8 Å². The largest absolute Gasteiger partial charge is 0.434 e. The van der Waals surface area contributed by atoms with Crippen LogP contribution in [0.5, 0.6) is 0 Å².